The number of esters is 1. The topological polar surface area (TPSA) is 58.8 Å². The van der Waals surface area contributed by atoms with E-state index >= 15 is 0 Å². The lowest BCUT2D eigenvalue weighted by molar-refractivity contribution is -0.145. The molecule has 0 aliphatic carbocycles. The summed E-state index contributed by atoms with van der Waals surface area (Å²) < 4.78 is 4.95. The number of hydrogen-bond acceptors (Lipinski definition) is 5. The molecule has 2 N–H and O–H groups in total. The third kappa shape index (κ3) is 3.68. The smallest absolute Gasteiger partial charge is 0.322 e. The third-order valence-electron chi connectivity index (χ3n) is 4.38. The fourth-order valence-electron chi connectivity index (χ4n) is 3.23. The van der Waals surface area contributed by atoms with Crippen LogP contribution in [-0.4, -0.2) is 66.7 Å². The van der Waals surface area contributed by atoms with Crippen LogP contribution < -0.4 is 5.73 Å². The largest absolute Gasteiger partial charge is 0.465 e. The molecule has 110 valence electrons. The molecule has 0 spiro atoms. The maximum Gasteiger partial charge on any atom is 0.322 e. The van der Waals surface area contributed by atoms with Crippen LogP contribution in [0, 0.1) is 0 Å². The van der Waals surface area contributed by atoms with Crippen molar-refractivity contribution in [2.24, 2.45) is 5.73 Å². The van der Waals surface area contributed by atoms with E-state index < -0.39 is 6.04 Å². The van der Waals surface area contributed by atoms with Crippen molar-refractivity contribution in [2.75, 3.05) is 32.8 Å². The average Bonchev–Trinajstić information content (AvgIpc) is 2.82. The van der Waals surface area contributed by atoms with Gasteiger partial charge in [-0.15, -0.1) is 0 Å². The molecule has 3 unspecified atom stereocenters. The Morgan fingerprint density at radius 3 is 3.00 bits per heavy atom. The van der Waals surface area contributed by atoms with Gasteiger partial charge in [0.25, 0.3) is 0 Å². The molecular formula is C14H27N3O2. The number of carbonyl (C=O) groups excluding carboxylic acids is 1. The summed E-state index contributed by atoms with van der Waals surface area (Å²) in [6, 6.07) is 0.799. The molecule has 0 amide bonds. The van der Waals surface area contributed by atoms with Gasteiger partial charge in [-0.05, 0) is 39.7 Å². The van der Waals surface area contributed by atoms with Crippen LogP contribution in [0.3, 0.4) is 0 Å². The van der Waals surface area contributed by atoms with Gasteiger partial charge in [-0.3, -0.25) is 14.6 Å². The molecular weight excluding hydrogens is 242 g/mol. The fraction of sp³-hybridized carbons (Fsp3) is 0.929. The molecule has 0 aromatic rings. The molecule has 2 saturated heterocycles. The Kier molecular flexibility index (Phi) is 5.19. The molecule has 3 atom stereocenters. The van der Waals surface area contributed by atoms with E-state index in [4.69, 9.17) is 10.5 Å². The van der Waals surface area contributed by atoms with Crippen molar-refractivity contribution in [3.63, 3.8) is 0 Å². The van der Waals surface area contributed by atoms with Gasteiger partial charge < -0.3 is 10.5 Å². The Bertz CT molecular complexity index is 311. The van der Waals surface area contributed by atoms with E-state index in [-0.39, 0.29) is 5.97 Å². The predicted molar refractivity (Wildman–Crippen MR) is 74.9 cm³/mol. The number of ether oxygens (including phenoxy) is 1. The zero-order valence-electron chi connectivity index (χ0n) is 12.2. The van der Waals surface area contributed by atoms with Gasteiger partial charge in [-0.2, -0.15) is 0 Å². The van der Waals surface area contributed by atoms with Gasteiger partial charge in [-0.25, -0.2) is 0 Å². The number of hydrogen-bond donors (Lipinski definition) is 1. The van der Waals surface area contributed by atoms with Crippen LogP contribution in [0.4, 0.5) is 0 Å². The number of fused-ring (bicyclic) bond motifs is 1. The van der Waals surface area contributed by atoms with Crippen molar-refractivity contribution in [2.45, 2.75) is 51.2 Å². The molecule has 19 heavy (non-hydrogen) atoms. The average molecular weight is 269 g/mol. The summed E-state index contributed by atoms with van der Waals surface area (Å²) in [7, 11) is 0. The van der Waals surface area contributed by atoms with E-state index in [1.165, 1.54) is 19.4 Å². The number of nitrogens with two attached hydrogens (primary N) is 1. The summed E-state index contributed by atoms with van der Waals surface area (Å²) in [4.78, 5) is 16.6. The second kappa shape index (κ2) is 6.68. The Labute approximate surface area is 116 Å². The summed E-state index contributed by atoms with van der Waals surface area (Å²) in [6.07, 6.45) is 3.33. The first-order valence-electron chi connectivity index (χ1n) is 7.52. The van der Waals surface area contributed by atoms with Crippen molar-refractivity contribution >= 4 is 5.97 Å². The molecule has 2 aliphatic heterocycles. The molecule has 5 heteroatoms. The van der Waals surface area contributed by atoms with Crippen molar-refractivity contribution in [1.82, 2.24) is 9.80 Å². The Balaban J connectivity index is 1.77. The zero-order chi connectivity index (χ0) is 13.8. The van der Waals surface area contributed by atoms with Crippen LogP contribution in [0.15, 0.2) is 0 Å². The highest BCUT2D eigenvalue weighted by Gasteiger charge is 2.34. The van der Waals surface area contributed by atoms with Crippen LogP contribution in [0.2, 0.25) is 0 Å². The van der Waals surface area contributed by atoms with Gasteiger partial charge in [0.15, 0.2) is 0 Å². The number of carbonyl (C=O) groups is 1. The van der Waals surface area contributed by atoms with Gasteiger partial charge >= 0.3 is 5.97 Å². The van der Waals surface area contributed by atoms with Crippen molar-refractivity contribution in [1.29, 1.82) is 0 Å². The number of nitrogens with zero attached hydrogens (tertiary/aromatic N) is 2. The lowest BCUT2D eigenvalue weighted by atomic mass is 10.1. The SMILES string of the molecule is CCOC(=O)C(N)CCN1CC2CCCN2CC1C. The second-order valence-corrected chi connectivity index (χ2v) is 5.78. The molecule has 2 rings (SSSR count). The minimum Gasteiger partial charge on any atom is -0.465 e. The molecule has 2 heterocycles. The molecule has 0 aromatic carbocycles. The summed E-state index contributed by atoms with van der Waals surface area (Å²) >= 11 is 0. The van der Waals surface area contributed by atoms with Crippen LogP contribution in [0.1, 0.15) is 33.1 Å². The maximum atomic E-state index is 11.5. The highest BCUT2D eigenvalue weighted by molar-refractivity contribution is 5.75. The van der Waals surface area contributed by atoms with Crippen LogP contribution in [-0.2, 0) is 9.53 Å². The van der Waals surface area contributed by atoms with E-state index in [0.717, 1.165) is 25.7 Å². The zero-order valence-corrected chi connectivity index (χ0v) is 12.2. The molecule has 0 aromatic heterocycles. The van der Waals surface area contributed by atoms with E-state index in [1.54, 1.807) is 0 Å². The number of rotatable bonds is 5. The molecule has 2 aliphatic rings. The monoisotopic (exact) mass is 269 g/mol. The normalized spacial score (nSPS) is 30.1. The lowest BCUT2D eigenvalue weighted by Gasteiger charge is -2.42. The van der Waals surface area contributed by atoms with Crippen LogP contribution in [0.25, 0.3) is 0 Å². The predicted octanol–water partition coefficient (Wildman–Crippen LogP) is 0.435. The van der Waals surface area contributed by atoms with Gasteiger partial charge in [-0.1, -0.05) is 0 Å². The molecule has 0 radical (unpaired) electrons. The molecule has 5 nitrogen and oxygen atoms in total. The highest BCUT2D eigenvalue weighted by atomic mass is 16.5. The first kappa shape index (κ1) is 14.8. The van der Waals surface area contributed by atoms with Gasteiger partial charge in [0, 0.05) is 31.7 Å². The maximum absolute atomic E-state index is 11.5. The first-order valence-corrected chi connectivity index (χ1v) is 7.52. The van der Waals surface area contributed by atoms with E-state index in [2.05, 4.69) is 16.7 Å². The molecule has 2 fully saturated rings. The highest BCUT2D eigenvalue weighted by Crippen LogP contribution is 2.24. The Morgan fingerprint density at radius 2 is 2.26 bits per heavy atom. The van der Waals surface area contributed by atoms with E-state index in [9.17, 15) is 4.79 Å². The van der Waals surface area contributed by atoms with Crippen molar-refractivity contribution in [3.8, 4) is 0 Å². The summed E-state index contributed by atoms with van der Waals surface area (Å²) in [6.45, 7) is 8.91. The standard InChI is InChI=1S/C14H27N3O2/c1-3-19-14(18)13(15)6-8-16-10-12-5-4-7-17(12)9-11(16)2/h11-13H,3-10,15H2,1-2H3. The molecule has 0 bridgehead atoms. The fourth-order valence-corrected chi connectivity index (χ4v) is 3.23. The second-order valence-electron chi connectivity index (χ2n) is 5.78. The van der Waals surface area contributed by atoms with Crippen LogP contribution >= 0.6 is 0 Å². The van der Waals surface area contributed by atoms with Gasteiger partial charge in [0.2, 0.25) is 0 Å². The first-order chi connectivity index (χ1) is 9.11. The van der Waals surface area contributed by atoms with Gasteiger partial charge in [0.05, 0.1) is 6.61 Å². The Hall–Kier alpha value is -0.650. The third-order valence-corrected chi connectivity index (χ3v) is 4.38. The summed E-state index contributed by atoms with van der Waals surface area (Å²) in [5.74, 6) is -0.269. The van der Waals surface area contributed by atoms with Crippen LogP contribution in [0.5, 0.6) is 0 Å². The minimum atomic E-state index is -0.478. The quantitative estimate of drug-likeness (QED) is 0.734. The summed E-state index contributed by atoms with van der Waals surface area (Å²) in [5.41, 5.74) is 5.86. The molecule has 0 saturated carbocycles. The van der Waals surface area contributed by atoms with E-state index in [1.807, 2.05) is 6.92 Å². The Morgan fingerprint density at radius 1 is 1.47 bits per heavy atom. The number of piperazine rings is 1. The minimum absolute atomic E-state index is 0.269. The lowest BCUT2D eigenvalue weighted by Crippen LogP contribution is -2.55. The van der Waals surface area contributed by atoms with E-state index in [0.29, 0.717) is 19.1 Å². The summed E-state index contributed by atoms with van der Waals surface area (Å²) in [5, 5.41) is 0. The van der Waals surface area contributed by atoms with Gasteiger partial charge in [0.1, 0.15) is 6.04 Å². The van der Waals surface area contributed by atoms with Crippen molar-refractivity contribution < 1.29 is 9.53 Å². The van der Waals surface area contributed by atoms with Crippen molar-refractivity contribution in [3.05, 3.63) is 0 Å².